The molecule has 12 aromatic rings. The van der Waals surface area contributed by atoms with Crippen LogP contribution in [-0.4, -0.2) is 210 Å². The molecule has 12 atom stereocenters. The number of hydrogen-bond acceptors (Lipinski definition) is 38. The van der Waals surface area contributed by atoms with E-state index in [0.29, 0.717) is 138 Å². The molecule has 0 bridgehead atoms. The second-order valence-electron chi connectivity index (χ2n) is 32.3. The van der Waals surface area contributed by atoms with Gasteiger partial charge in [-0.2, -0.15) is 31.3 Å². The molecule has 12 heterocycles. The van der Waals surface area contributed by atoms with Gasteiger partial charge in [-0.3, -0.25) is 33.8 Å². The highest BCUT2D eigenvalue weighted by atomic mass is 32.1. The van der Waals surface area contributed by atoms with Crippen LogP contribution in [0.15, 0.2) is 85.7 Å². The number of anilines is 6. The van der Waals surface area contributed by atoms with Gasteiger partial charge < -0.3 is 54.8 Å². The highest BCUT2D eigenvalue weighted by Crippen LogP contribution is 2.42. The predicted molar refractivity (Wildman–Crippen MR) is 470 cm³/mol. The third-order valence-electron chi connectivity index (χ3n) is 21.6. The van der Waals surface area contributed by atoms with Crippen molar-refractivity contribution >= 4 is 91.5 Å². The number of hydrogen-bond donors (Lipinski definition) is 16. The van der Waals surface area contributed by atoms with Crippen molar-refractivity contribution in [3.05, 3.63) is 153 Å². The number of ketones is 2. The summed E-state index contributed by atoms with van der Waals surface area (Å²) >= 11 is 2.70. The fraction of sp³-hybridized carbons (Fsp3) is 0.525. The van der Waals surface area contributed by atoms with Crippen molar-refractivity contribution in [1.82, 2.24) is 154 Å². The van der Waals surface area contributed by atoms with E-state index < -0.39 is 53.5 Å². The zero-order valence-corrected chi connectivity index (χ0v) is 74.5. The smallest absolute Gasteiger partial charge is 0.307 e. The standard InChI is InChI=1S/C16H22N6O.C14H20N6O2.C14H20N6O.C13H18N6O2.C12H18N6O2S.C11H16N6O2S/c1-10(23)15(12-4-2-3-5-12)13(16-19-21-22-20-16)8-11-6-7-14(17)18-9-11;1-8(2)5-12(14(21)22)11(13-17-19-20-18-13)6-10-4-3-9(15)7-16-10;1-8(2)13(9(3)21)11(14-17-19-20-18-14)6-10-4-5-12(15)16-7-10;1-2-3-9(13(20)21)10(12-16-18-19-17-12)6-8-4-5-11(14)15-7-8;1-6(2)3-9(11(19)20)8(10-15-17-18-16-10)4-7-5-14-12(13)21-7;1-2-3-7(10(18)19)8(9-14-16-17-15-9)4-6-5-13-11(12)20-6/h6-7,9,12-13,15H,2-5,8H2,1H3,(H2,17,18)(H,19,20,21,22);3-4,7-8,11-12H,5-6,15H2,1-2H3,(H,21,22)(H,17,18,19,20);4-5,7-8,11,13H,6H2,1-3H3,(H2,15,16)(H,17,18,19,20);4-5,7,9-10H,2-3,6H2,1H3,(H2,14,15)(H,20,21)(H,16,17,18,19);5-6,8-9H,3-4H2,1-2H3,(H2,13,14)(H,19,20)(H,15,16,17,18);5,7-8H,2-4H2,1H3,(H2,12,13)(H,18,19)(H,14,15,16,17)/t13-,15-;11-,12-;11-,13+;9-,10-;8-,9-;7-,8-/m000000/s1. The van der Waals surface area contributed by atoms with E-state index in [9.17, 15) is 49.2 Å². The number of nitrogens with two attached hydrogens (primary N) is 6. The van der Waals surface area contributed by atoms with Crippen molar-refractivity contribution in [1.29, 1.82) is 0 Å². The van der Waals surface area contributed by atoms with E-state index in [2.05, 4.69) is 154 Å². The maximum atomic E-state index is 12.4. The second-order valence-corrected chi connectivity index (χ2v) is 34.6. The maximum absolute atomic E-state index is 12.4. The summed E-state index contributed by atoms with van der Waals surface area (Å²) in [7, 11) is 0. The highest BCUT2D eigenvalue weighted by Gasteiger charge is 2.41. The molecule has 1 fully saturated rings. The lowest BCUT2D eigenvalue weighted by Crippen LogP contribution is -2.29. The lowest BCUT2D eigenvalue weighted by atomic mass is 9.75. The zero-order chi connectivity index (χ0) is 92.9. The van der Waals surface area contributed by atoms with E-state index in [1.807, 2.05) is 73.6 Å². The van der Waals surface area contributed by atoms with Gasteiger partial charge in [0.2, 0.25) is 0 Å². The summed E-state index contributed by atoms with van der Waals surface area (Å²) in [5.41, 5.74) is 37.9. The van der Waals surface area contributed by atoms with Crippen molar-refractivity contribution in [3.63, 3.8) is 0 Å². The molecule has 12 aromatic heterocycles. The first kappa shape index (κ1) is 99.7. The minimum Gasteiger partial charge on any atom is -0.481 e. The summed E-state index contributed by atoms with van der Waals surface area (Å²) in [5.74, 6) is -2.01. The summed E-state index contributed by atoms with van der Waals surface area (Å²) < 4.78 is 0. The van der Waals surface area contributed by atoms with E-state index in [1.54, 1.807) is 81.4 Å². The van der Waals surface area contributed by atoms with Crippen LogP contribution >= 0.6 is 22.7 Å². The van der Waals surface area contributed by atoms with Gasteiger partial charge in [-0.15, -0.1) is 83.9 Å². The number of carbonyl (C=O) groups excluding carboxylic acids is 2. The number of Topliss-reactive ketones (excluding diaryl/α,β-unsaturated/α-hetero) is 2. The minimum absolute atomic E-state index is 0.0762. The molecule has 686 valence electrons. The number of nitrogen functional groups attached to an aromatic ring is 6. The van der Waals surface area contributed by atoms with Gasteiger partial charge in [-0.1, -0.05) is 131 Å². The van der Waals surface area contributed by atoms with Crippen LogP contribution in [0.4, 0.5) is 33.4 Å². The Kier molecular flexibility index (Phi) is 39.3. The number of carboxylic acids is 4. The summed E-state index contributed by atoms with van der Waals surface area (Å²) in [4.78, 5) is 97.1. The maximum Gasteiger partial charge on any atom is 0.307 e. The van der Waals surface area contributed by atoms with Crippen molar-refractivity contribution in [2.24, 2.45) is 59.2 Å². The third-order valence-corrected chi connectivity index (χ3v) is 23.3. The number of tetrazole rings is 6. The minimum atomic E-state index is -0.862. The molecule has 48 heteroatoms. The molecular formula is C80H114N36O10S2. The molecule has 46 nitrogen and oxygen atoms in total. The quantitative estimate of drug-likeness (QED) is 0.0173. The third kappa shape index (κ3) is 31.2. The van der Waals surface area contributed by atoms with Crippen LogP contribution in [0.3, 0.4) is 0 Å². The van der Waals surface area contributed by atoms with Crippen molar-refractivity contribution in [2.75, 3.05) is 34.4 Å². The molecule has 0 saturated heterocycles. The predicted octanol–water partition coefficient (Wildman–Crippen LogP) is 7.89. The molecule has 128 heavy (non-hydrogen) atoms. The van der Waals surface area contributed by atoms with Gasteiger partial charge in [0, 0.05) is 100 Å². The van der Waals surface area contributed by atoms with Crippen molar-refractivity contribution in [2.45, 2.75) is 207 Å². The Labute approximate surface area is 744 Å². The van der Waals surface area contributed by atoms with Gasteiger partial charge in [0.25, 0.3) is 0 Å². The Morgan fingerprint density at radius 3 is 1.01 bits per heavy atom. The second kappa shape index (κ2) is 50.4. The SMILES string of the molecule is CC(=O)[C@@H](C(C)C)[C@H](Cc1ccc(N)nc1)c1nn[nH]n1.CC(=O)[C@@H](C1CCCC1)[C@H](Cc1ccc(N)nc1)c1nn[nH]n1.CC(C)C[C@H](C(=O)O)[C@H](Cc1ccc(N)cn1)c1nn[nH]n1.CC(C)C[C@H](C(=O)O)[C@H](Cc1cnc(N)s1)c1nn[nH]n1.CCC[C@H](C(=O)O)[C@H](Cc1ccc(N)nc1)c1nn[nH]n1.CCC[C@H](C(=O)O)[C@H](Cc1cnc(N)s1)c1nn[nH]n1. The van der Waals surface area contributed by atoms with Crippen LogP contribution < -0.4 is 34.4 Å². The van der Waals surface area contributed by atoms with E-state index in [-0.39, 0.29) is 70.7 Å². The number of carboxylic acid groups (broad SMARTS) is 4. The molecule has 0 amide bonds. The van der Waals surface area contributed by atoms with Crippen molar-refractivity contribution < 1.29 is 49.2 Å². The molecule has 22 N–H and O–H groups in total. The van der Waals surface area contributed by atoms with E-state index in [0.717, 1.165) is 57.8 Å². The Hall–Kier alpha value is -13.7. The van der Waals surface area contributed by atoms with Crippen LogP contribution in [0.2, 0.25) is 0 Å². The van der Waals surface area contributed by atoms with Crippen LogP contribution in [0, 0.1) is 59.2 Å². The molecule has 0 radical (unpaired) electrons. The molecular weight excluding hydrogens is 1690 g/mol. The van der Waals surface area contributed by atoms with Crippen LogP contribution in [0.5, 0.6) is 0 Å². The lowest BCUT2D eigenvalue weighted by Gasteiger charge is -2.28. The highest BCUT2D eigenvalue weighted by molar-refractivity contribution is 7.15. The van der Waals surface area contributed by atoms with Gasteiger partial charge in [0.1, 0.15) is 29.0 Å². The summed E-state index contributed by atoms with van der Waals surface area (Å²) in [6.45, 7) is 19.2. The molecule has 1 aliphatic rings. The Morgan fingerprint density at radius 2 is 0.727 bits per heavy atom. The van der Waals surface area contributed by atoms with Crippen LogP contribution in [0.25, 0.3) is 0 Å². The Morgan fingerprint density at radius 1 is 0.391 bits per heavy atom. The first-order valence-corrected chi connectivity index (χ1v) is 43.5. The summed E-state index contributed by atoms with van der Waals surface area (Å²) in [5, 5.41) is 123. The van der Waals surface area contributed by atoms with Crippen LogP contribution in [0.1, 0.15) is 236 Å². The summed E-state index contributed by atoms with van der Waals surface area (Å²) in [6.07, 6.45) is 21.5. The number of aromatic nitrogens is 30. The number of nitrogens with one attached hydrogen (secondary N) is 6. The number of aromatic amines is 6. The Balaban J connectivity index is 0.000000190. The number of carbonyl (C=O) groups is 6. The topological polar surface area (TPSA) is 744 Å². The molecule has 0 aliphatic heterocycles. The summed E-state index contributed by atoms with van der Waals surface area (Å²) in [6, 6.07) is 14.4. The molecule has 1 aliphatic carbocycles. The molecule has 0 aromatic carbocycles. The number of H-pyrrole nitrogens is 6. The average Bonchev–Trinajstić information content (AvgIpc) is 1.62. The normalized spacial score (nSPS) is 14.7. The number of thiazole rings is 2. The van der Waals surface area contributed by atoms with Gasteiger partial charge in [-0.25, -0.2) is 24.9 Å². The molecule has 0 spiro atoms. The number of nitrogens with zero attached hydrogens (tertiary/aromatic N) is 24. The lowest BCUT2D eigenvalue weighted by molar-refractivity contribution is -0.144. The van der Waals surface area contributed by atoms with Gasteiger partial charge in [0.05, 0.1) is 35.6 Å². The monoisotopic (exact) mass is 1800 g/mol. The number of pyridine rings is 4. The number of aliphatic carboxylic acids is 4. The number of rotatable bonds is 40. The first-order valence-electron chi connectivity index (χ1n) is 41.8. The first-order chi connectivity index (χ1) is 61.3. The van der Waals surface area contributed by atoms with Crippen LogP contribution in [-0.2, 0) is 67.3 Å². The van der Waals surface area contributed by atoms with Gasteiger partial charge in [0.15, 0.2) is 45.2 Å². The molecule has 1 saturated carbocycles. The van der Waals surface area contributed by atoms with Gasteiger partial charge >= 0.3 is 23.9 Å². The molecule has 0 unspecified atom stereocenters. The zero-order valence-electron chi connectivity index (χ0n) is 72.9. The fourth-order valence-corrected chi connectivity index (χ4v) is 17.3. The Bertz CT molecular complexity index is 5180. The molecule has 13 rings (SSSR count). The van der Waals surface area contributed by atoms with E-state index in [1.165, 1.54) is 35.5 Å². The largest absolute Gasteiger partial charge is 0.481 e. The van der Waals surface area contributed by atoms with E-state index >= 15 is 0 Å². The fourth-order valence-electron chi connectivity index (χ4n) is 15.8. The van der Waals surface area contributed by atoms with Crippen molar-refractivity contribution in [3.8, 4) is 0 Å². The average molecular weight is 1800 g/mol. The van der Waals surface area contributed by atoms with Gasteiger partial charge in [-0.05, 0) is 155 Å². The van der Waals surface area contributed by atoms with E-state index in [4.69, 9.17) is 34.4 Å².